The molecule has 1 saturated heterocycles. The van der Waals surface area contributed by atoms with E-state index in [1.165, 1.54) is 13.8 Å². The van der Waals surface area contributed by atoms with E-state index in [4.69, 9.17) is 4.74 Å². The zero-order chi connectivity index (χ0) is 21.4. The number of amides is 3. The number of carbonyl (C=O) groups is 5. The number of aryl methyl sites for hydroxylation is 1. The smallest absolute Gasteiger partial charge is 0.326 e. The van der Waals surface area contributed by atoms with E-state index in [1.54, 1.807) is 27.7 Å². The highest BCUT2D eigenvalue weighted by Crippen LogP contribution is 2.22. The van der Waals surface area contributed by atoms with Crippen LogP contribution >= 0.6 is 0 Å². The third-order valence-electron chi connectivity index (χ3n) is 5.05. The van der Waals surface area contributed by atoms with Gasteiger partial charge >= 0.3 is 12.0 Å². The molecule has 2 rings (SSSR count). The Morgan fingerprint density at radius 1 is 1.21 bits per heavy atom. The van der Waals surface area contributed by atoms with E-state index in [2.05, 4.69) is 10.3 Å². The molecule has 28 heavy (non-hydrogen) atoms. The molecular weight excluding hydrogens is 366 g/mol. The summed E-state index contributed by atoms with van der Waals surface area (Å²) in [5.41, 5.74) is 0.619. The van der Waals surface area contributed by atoms with E-state index in [-0.39, 0.29) is 11.5 Å². The Bertz CT molecular complexity index is 871. The lowest BCUT2D eigenvalue weighted by molar-refractivity contribution is -0.149. The van der Waals surface area contributed by atoms with Crippen LogP contribution in [0.3, 0.4) is 0 Å². The maximum absolute atomic E-state index is 12.6. The normalized spacial score (nSPS) is 20.1. The first-order valence-corrected chi connectivity index (χ1v) is 9.00. The summed E-state index contributed by atoms with van der Waals surface area (Å²) in [5, 5.41) is 2.54. The summed E-state index contributed by atoms with van der Waals surface area (Å²) < 4.78 is 5.12. The van der Waals surface area contributed by atoms with Crippen LogP contribution in [0, 0.1) is 13.8 Å². The molecule has 0 spiro atoms. The number of carbonyl (C=O) groups excluding carboxylic acids is 5. The van der Waals surface area contributed by atoms with E-state index in [0.29, 0.717) is 23.2 Å². The van der Waals surface area contributed by atoms with Crippen molar-refractivity contribution in [2.45, 2.75) is 59.6 Å². The number of H-pyrrole nitrogens is 1. The van der Waals surface area contributed by atoms with Crippen molar-refractivity contribution in [3.63, 3.8) is 0 Å². The number of aromatic amines is 1. The number of nitrogens with one attached hydrogen (secondary N) is 2. The summed E-state index contributed by atoms with van der Waals surface area (Å²) in [6.45, 7) is 8.86. The molecule has 9 nitrogen and oxygen atoms in total. The number of esters is 1. The van der Waals surface area contributed by atoms with Gasteiger partial charge in [0.2, 0.25) is 5.78 Å². The zero-order valence-corrected chi connectivity index (χ0v) is 16.9. The summed E-state index contributed by atoms with van der Waals surface area (Å²) in [7, 11) is 0. The van der Waals surface area contributed by atoms with E-state index in [1.807, 2.05) is 0 Å². The monoisotopic (exact) mass is 391 g/mol. The van der Waals surface area contributed by atoms with Crippen LogP contribution in [-0.2, 0) is 14.3 Å². The molecule has 2 atom stereocenters. The molecule has 1 aromatic heterocycles. The second kappa shape index (κ2) is 7.57. The largest absolute Gasteiger partial charge is 0.453 e. The molecule has 1 aliphatic heterocycles. The van der Waals surface area contributed by atoms with Gasteiger partial charge in [-0.25, -0.2) is 4.79 Å². The van der Waals surface area contributed by atoms with Crippen molar-refractivity contribution in [3.05, 3.63) is 22.5 Å². The Hall–Kier alpha value is -2.97. The highest BCUT2D eigenvalue weighted by atomic mass is 16.5. The summed E-state index contributed by atoms with van der Waals surface area (Å²) in [4.78, 5) is 64.5. The topological polar surface area (TPSA) is 126 Å². The SMILES string of the molecule is CC[C@@]1(C)NC(=O)N(CC(=O)O[C@H](C)C(=O)c2[nH]c(C)c(C(C)=O)c2C)C1=O. The van der Waals surface area contributed by atoms with Crippen LogP contribution in [0.1, 0.15) is 66.2 Å². The van der Waals surface area contributed by atoms with Gasteiger partial charge in [0.25, 0.3) is 5.91 Å². The van der Waals surface area contributed by atoms with Gasteiger partial charge in [0.1, 0.15) is 12.1 Å². The van der Waals surface area contributed by atoms with E-state index < -0.39 is 41.9 Å². The fourth-order valence-electron chi connectivity index (χ4n) is 3.28. The minimum absolute atomic E-state index is 0.174. The third kappa shape index (κ3) is 3.69. The summed E-state index contributed by atoms with van der Waals surface area (Å²) >= 11 is 0. The highest BCUT2D eigenvalue weighted by Gasteiger charge is 2.47. The minimum atomic E-state index is -1.15. The van der Waals surface area contributed by atoms with Gasteiger partial charge in [0, 0.05) is 11.3 Å². The van der Waals surface area contributed by atoms with Crippen molar-refractivity contribution in [2.75, 3.05) is 6.54 Å². The van der Waals surface area contributed by atoms with Crippen molar-refractivity contribution in [3.8, 4) is 0 Å². The number of aromatic nitrogens is 1. The average Bonchev–Trinajstić information content (AvgIpc) is 3.02. The van der Waals surface area contributed by atoms with Crippen molar-refractivity contribution < 1.29 is 28.7 Å². The van der Waals surface area contributed by atoms with Crippen LogP contribution in [0.25, 0.3) is 0 Å². The maximum Gasteiger partial charge on any atom is 0.326 e. The molecule has 0 aromatic carbocycles. The fraction of sp³-hybridized carbons (Fsp3) is 0.526. The number of Topliss-reactive ketones (excluding diaryl/α,β-unsaturated/α-hetero) is 2. The second-order valence-corrected chi connectivity index (χ2v) is 7.18. The van der Waals surface area contributed by atoms with Crippen LogP contribution in [0.15, 0.2) is 0 Å². The van der Waals surface area contributed by atoms with Crippen LogP contribution in [-0.4, -0.2) is 57.5 Å². The molecule has 0 radical (unpaired) electrons. The Morgan fingerprint density at radius 3 is 2.29 bits per heavy atom. The molecule has 1 fully saturated rings. The van der Waals surface area contributed by atoms with Crippen molar-refractivity contribution in [2.24, 2.45) is 0 Å². The predicted molar refractivity (Wildman–Crippen MR) is 99.1 cm³/mol. The van der Waals surface area contributed by atoms with Crippen LogP contribution in [0.2, 0.25) is 0 Å². The Labute approximate surface area is 162 Å². The van der Waals surface area contributed by atoms with Crippen molar-refractivity contribution >= 4 is 29.5 Å². The first-order chi connectivity index (χ1) is 12.9. The number of urea groups is 1. The zero-order valence-electron chi connectivity index (χ0n) is 16.9. The Balaban J connectivity index is 2.08. The molecule has 3 amide bonds. The van der Waals surface area contributed by atoms with Crippen LogP contribution in [0.5, 0.6) is 0 Å². The van der Waals surface area contributed by atoms with Crippen molar-refractivity contribution in [1.82, 2.24) is 15.2 Å². The lowest BCUT2D eigenvalue weighted by atomic mass is 9.99. The number of ketones is 2. The number of hydrogen-bond acceptors (Lipinski definition) is 6. The third-order valence-corrected chi connectivity index (χ3v) is 5.05. The molecule has 1 aliphatic rings. The second-order valence-electron chi connectivity index (χ2n) is 7.18. The Morgan fingerprint density at radius 2 is 1.82 bits per heavy atom. The predicted octanol–water partition coefficient (Wildman–Crippen LogP) is 1.67. The van der Waals surface area contributed by atoms with Gasteiger partial charge in [-0.05, 0) is 46.6 Å². The molecule has 1 aromatic rings. The van der Waals surface area contributed by atoms with Gasteiger partial charge < -0.3 is 15.0 Å². The molecule has 0 unspecified atom stereocenters. The number of ether oxygens (including phenoxy) is 1. The summed E-state index contributed by atoms with van der Waals surface area (Å²) in [5.74, 6) is -2.07. The van der Waals surface area contributed by atoms with Gasteiger partial charge in [-0.2, -0.15) is 0 Å². The van der Waals surface area contributed by atoms with E-state index in [0.717, 1.165) is 4.90 Å². The lowest BCUT2D eigenvalue weighted by Gasteiger charge is -2.19. The van der Waals surface area contributed by atoms with Crippen molar-refractivity contribution in [1.29, 1.82) is 0 Å². The average molecular weight is 391 g/mol. The molecule has 0 saturated carbocycles. The number of rotatable bonds is 7. The number of imide groups is 1. The fourth-order valence-corrected chi connectivity index (χ4v) is 3.28. The molecule has 2 N–H and O–H groups in total. The maximum atomic E-state index is 12.6. The molecule has 0 bridgehead atoms. The standard InChI is InChI=1S/C19H25N3O6/c1-7-19(6)17(26)22(18(27)21-19)8-13(24)28-12(5)16(25)15-9(2)14(11(4)23)10(3)20-15/h12,20H,7-8H2,1-6H3,(H,21,27)/t12-,19-/m1/s1. The van der Waals surface area contributed by atoms with Crippen LogP contribution in [0.4, 0.5) is 4.79 Å². The van der Waals surface area contributed by atoms with Crippen LogP contribution < -0.4 is 5.32 Å². The molecular formula is C19H25N3O6. The highest BCUT2D eigenvalue weighted by molar-refractivity contribution is 6.09. The van der Waals surface area contributed by atoms with Gasteiger partial charge in [-0.3, -0.25) is 24.1 Å². The first-order valence-electron chi connectivity index (χ1n) is 9.00. The Kier molecular flexibility index (Phi) is 5.77. The molecule has 152 valence electrons. The first kappa shape index (κ1) is 21.3. The van der Waals surface area contributed by atoms with Gasteiger partial charge in [-0.1, -0.05) is 6.92 Å². The quantitative estimate of drug-likeness (QED) is 0.414. The van der Waals surface area contributed by atoms with Gasteiger partial charge in [0.15, 0.2) is 11.9 Å². The minimum Gasteiger partial charge on any atom is -0.453 e. The summed E-state index contributed by atoms with van der Waals surface area (Å²) in [6.07, 6.45) is -0.774. The molecule has 0 aliphatic carbocycles. The molecule has 2 heterocycles. The lowest BCUT2D eigenvalue weighted by Crippen LogP contribution is -2.43. The number of hydrogen-bond donors (Lipinski definition) is 2. The molecule has 9 heteroatoms. The number of nitrogens with zero attached hydrogens (tertiary/aromatic N) is 1. The van der Waals surface area contributed by atoms with E-state index >= 15 is 0 Å². The summed E-state index contributed by atoms with van der Waals surface area (Å²) in [6, 6.07) is -0.674. The van der Waals surface area contributed by atoms with Gasteiger partial charge in [-0.15, -0.1) is 0 Å². The van der Waals surface area contributed by atoms with E-state index in [9.17, 15) is 24.0 Å². The van der Waals surface area contributed by atoms with Gasteiger partial charge in [0.05, 0.1) is 5.69 Å².